The summed E-state index contributed by atoms with van der Waals surface area (Å²) < 4.78 is 0. The van der Waals surface area contributed by atoms with Crippen molar-refractivity contribution in [3.8, 4) is 0 Å². The number of hydrogen-bond acceptors (Lipinski definition) is 4. The maximum absolute atomic E-state index is 11.6. The molecule has 1 fully saturated rings. The molecule has 1 aliphatic carbocycles. The number of nitrogens with one attached hydrogen (secondary N) is 1. The van der Waals surface area contributed by atoms with E-state index in [1.165, 1.54) is 0 Å². The van der Waals surface area contributed by atoms with Crippen LogP contribution in [0.4, 0.5) is 0 Å². The zero-order chi connectivity index (χ0) is 12.8. The number of hydrogen-bond donors (Lipinski definition) is 3. The van der Waals surface area contributed by atoms with E-state index in [4.69, 9.17) is 10.8 Å². The Labute approximate surface area is 99.6 Å². The van der Waals surface area contributed by atoms with E-state index in [2.05, 4.69) is 5.32 Å². The van der Waals surface area contributed by atoms with Crippen LogP contribution >= 0.6 is 0 Å². The normalized spacial score (nSPS) is 21.2. The van der Waals surface area contributed by atoms with Crippen molar-refractivity contribution in [3.63, 3.8) is 0 Å². The molecule has 6 nitrogen and oxygen atoms in total. The van der Waals surface area contributed by atoms with E-state index in [1.807, 2.05) is 0 Å². The molecule has 0 saturated heterocycles. The molecule has 0 heterocycles. The fourth-order valence-corrected chi connectivity index (χ4v) is 1.87. The van der Waals surface area contributed by atoms with Crippen LogP contribution < -0.4 is 11.1 Å². The minimum atomic E-state index is -1.04. The maximum atomic E-state index is 11.6. The van der Waals surface area contributed by atoms with Gasteiger partial charge in [-0.1, -0.05) is 0 Å². The molecular weight excluding hydrogens is 224 g/mol. The standard InChI is InChI=1S/C11H18N2O4/c12-8(11(16)17)4-2-6-13-10(15)7-3-1-5-9(7)14/h7-8H,1-6,12H2,(H,13,15)(H,16,17)/t7-,8-/m0/s1. The Hall–Kier alpha value is -1.43. The molecule has 2 atom stereocenters. The predicted molar refractivity (Wildman–Crippen MR) is 60.2 cm³/mol. The van der Waals surface area contributed by atoms with Crippen LogP contribution in [0.25, 0.3) is 0 Å². The van der Waals surface area contributed by atoms with Crippen LogP contribution in [0, 0.1) is 5.92 Å². The third kappa shape index (κ3) is 4.14. The van der Waals surface area contributed by atoms with Gasteiger partial charge in [-0.05, 0) is 25.7 Å². The molecule has 0 aliphatic heterocycles. The minimum Gasteiger partial charge on any atom is -0.480 e. The summed E-state index contributed by atoms with van der Waals surface area (Å²) >= 11 is 0. The van der Waals surface area contributed by atoms with E-state index in [0.717, 1.165) is 6.42 Å². The zero-order valence-corrected chi connectivity index (χ0v) is 9.65. The average molecular weight is 242 g/mol. The SMILES string of the molecule is N[C@@H](CCCNC(=O)[C@H]1CCCC1=O)C(=O)O. The lowest BCUT2D eigenvalue weighted by Gasteiger charge is -2.10. The first-order chi connectivity index (χ1) is 8.02. The highest BCUT2D eigenvalue weighted by Gasteiger charge is 2.30. The van der Waals surface area contributed by atoms with Gasteiger partial charge in [-0.3, -0.25) is 14.4 Å². The third-order valence-electron chi connectivity index (χ3n) is 2.93. The van der Waals surface area contributed by atoms with Gasteiger partial charge in [0.1, 0.15) is 11.8 Å². The predicted octanol–water partition coefficient (Wildman–Crippen LogP) is -0.336. The van der Waals surface area contributed by atoms with Crippen LogP contribution in [0.2, 0.25) is 0 Å². The molecule has 0 aromatic carbocycles. The number of amides is 1. The Morgan fingerprint density at radius 3 is 2.76 bits per heavy atom. The highest BCUT2D eigenvalue weighted by Crippen LogP contribution is 2.21. The number of aliphatic carboxylic acids is 1. The van der Waals surface area contributed by atoms with E-state index < -0.39 is 17.9 Å². The molecule has 0 unspecified atom stereocenters. The fraction of sp³-hybridized carbons (Fsp3) is 0.727. The van der Waals surface area contributed by atoms with Crippen molar-refractivity contribution in [2.24, 2.45) is 11.7 Å². The molecule has 0 spiro atoms. The quantitative estimate of drug-likeness (QED) is 0.436. The Balaban J connectivity index is 2.16. The minimum absolute atomic E-state index is 0.00439. The van der Waals surface area contributed by atoms with Gasteiger partial charge < -0.3 is 16.2 Å². The van der Waals surface area contributed by atoms with E-state index in [1.54, 1.807) is 0 Å². The molecule has 17 heavy (non-hydrogen) atoms. The van der Waals surface area contributed by atoms with Crippen molar-refractivity contribution in [3.05, 3.63) is 0 Å². The molecule has 1 aliphatic rings. The van der Waals surface area contributed by atoms with Crippen LogP contribution in [-0.2, 0) is 14.4 Å². The lowest BCUT2D eigenvalue weighted by atomic mass is 10.1. The number of Topliss-reactive ketones (excluding diaryl/α,β-unsaturated/α-hetero) is 1. The maximum Gasteiger partial charge on any atom is 0.320 e. The zero-order valence-electron chi connectivity index (χ0n) is 9.65. The summed E-state index contributed by atoms with van der Waals surface area (Å²) in [5, 5.41) is 11.2. The van der Waals surface area contributed by atoms with Crippen LogP contribution in [-0.4, -0.2) is 35.4 Å². The third-order valence-corrected chi connectivity index (χ3v) is 2.93. The van der Waals surface area contributed by atoms with Gasteiger partial charge >= 0.3 is 5.97 Å². The van der Waals surface area contributed by atoms with Gasteiger partial charge in [0.15, 0.2) is 0 Å². The van der Waals surface area contributed by atoms with E-state index in [-0.39, 0.29) is 11.7 Å². The van der Waals surface area contributed by atoms with Gasteiger partial charge in [0, 0.05) is 13.0 Å². The summed E-state index contributed by atoms with van der Waals surface area (Å²) in [6.45, 7) is 0.365. The molecule has 0 aromatic heterocycles. The summed E-state index contributed by atoms with van der Waals surface area (Å²) in [5.41, 5.74) is 5.31. The number of carboxylic acid groups (broad SMARTS) is 1. The molecule has 6 heteroatoms. The number of nitrogens with two attached hydrogens (primary N) is 1. The van der Waals surface area contributed by atoms with Gasteiger partial charge in [0.25, 0.3) is 0 Å². The Kier molecular flexibility index (Phi) is 5.09. The van der Waals surface area contributed by atoms with Crippen LogP contribution in [0.5, 0.6) is 0 Å². The summed E-state index contributed by atoms with van der Waals surface area (Å²) in [4.78, 5) is 33.3. The van der Waals surface area contributed by atoms with Crippen LogP contribution in [0.3, 0.4) is 0 Å². The molecule has 0 radical (unpaired) electrons. The summed E-state index contributed by atoms with van der Waals surface area (Å²) in [6.07, 6.45) is 2.70. The molecule has 1 rings (SSSR count). The second-order valence-electron chi connectivity index (χ2n) is 4.29. The van der Waals surface area contributed by atoms with Crippen molar-refractivity contribution < 1.29 is 19.5 Å². The number of rotatable bonds is 6. The van der Waals surface area contributed by atoms with Gasteiger partial charge in [-0.2, -0.15) is 0 Å². The summed E-state index contributed by atoms with van der Waals surface area (Å²) in [6, 6.07) is -0.889. The van der Waals surface area contributed by atoms with Crippen molar-refractivity contribution in [2.75, 3.05) is 6.54 Å². The van der Waals surface area contributed by atoms with Gasteiger partial charge in [0.05, 0.1) is 5.92 Å². The largest absolute Gasteiger partial charge is 0.480 e. The lowest BCUT2D eigenvalue weighted by molar-refractivity contribution is -0.138. The van der Waals surface area contributed by atoms with Crippen molar-refractivity contribution in [1.29, 1.82) is 0 Å². The number of ketones is 1. The highest BCUT2D eigenvalue weighted by atomic mass is 16.4. The van der Waals surface area contributed by atoms with Crippen molar-refractivity contribution >= 4 is 17.7 Å². The molecular formula is C11H18N2O4. The average Bonchev–Trinajstić information content (AvgIpc) is 2.70. The number of carboxylic acids is 1. The van der Waals surface area contributed by atoms with Crippen LogP contribution in [0.1, 0.15) is 32.1 Å². The molecule has 1 saturated carbocycles. The first-order valence-electron chi connectivity index (χ1n) is 5.81. The monoisotopic (exact) mass is 242 g/mol. The van der Waals surface area contributed by atoms with Crippen LogP contribution in [0.15, 0.2) is 0 Å². The first kappa shape index (κ1) is 13.6. The molecule has 1 amide bonds. The number of carbonyl (C=O) groups excluding carboxylic acids is 2. The van der Waals surface area contributed by atoms with E-state index in [9.17, 15) is 14.4 Å². The molecule has 96 valence electrons. The van der Waals surface area contributed by atoms with E-state index >= 15 is 0 Å². The van der Waals surface area contributed by atoms with Gasteiger partial charge in [-0.25, -0.2) is 0 Å². The van der Waals surface area contributed by atoms with Crippen molar-refractivity contribution in [1.82, 2.24) is 5.32 Å². The Morgan fingerprint density at radius 1 is 1.53 bits per heavy atom. The number of carbonyl (C=O) groups is 3. The smallest absolute Gasteiger partial charge is 0.320 e. The summed E-state index contributed by atoms with van der Waals surface area (Å²) in [5.74, 6) is -1.77. The lowest BCUT2D eigenvalue weighted by Crippen LogP contribution is -2.35. The van der Waals surface area contributed by atoms with Gasteiger partial charge in [0.2, 0.25) is 5.91 Å². The van der Waals surface area contributed by atoms with Gasteiger partial charge in [-0.15, -0.1) is 0 Å². The second-order valence-corrected chi connectivity index (χ2v) is 4.29. The first-order valence-corrected chi connectivity index (χ1v) is 5.81. The molecule has 4 N–H and O–H groups in total. The van der Waals surface area contributed by atoms with E-state index in [0.29, 0.717) is 32.2 Å². The molecule has 0 bridgehead atoms. The van der Waals surface area contributed by atoms with Crippen molar-refractivity contribution in [2.45, 2.75) is 38.1 Å². The fourth-order valence-electron chi connectivity index (χ4n) is 1.87. The Bertz CT molecular complexity index is 317. The molecule has 0 aromatic rings. The second kappa shape index (κ2) is 6.34. The Morgan fingerprint density at radius 2 is 2.24 bits per heavy atom. The highest BCUT2D eigenvalue weighted by molar-refractivity contribution is 6.02. The summed E-state index contributed by atoms with van der Waals surface area (Å²) in [7, 11) is 0. The topological polar surface area (TPSA) is 109 Å².